The van der Waals surface area contributed by atoms with Gasteiger partial charge in [-0.15, -0.1) is 0 Å². The van der Waals surface area contributed by atoms with Gasteiger partial charge in [0, 0.05) is 13.1 Å². The van der Waals surface area contributed by atoms with Crippen molar-refractivity contribution in [1.82, 2.24) is 9.80 Å². The molecule has 0 unspecified atom stereocenters. The van der Waals surface area contributed by atoms with Crippen LogP contribution in [0.2, 0.25) is 0 Å². The number of hydrogen-bond donors (Lipinski definition) is 2. The lowest BCUT2D eigenvalue weighted by Gasteiger charge is -2.49. The molecule has 2 rings (SSSR count). The first-order chi connectivity index (χ1) is 8.58. The molecule has 0 saturated carbocycles. The van der Waals surface area contributed by atoms with Crippen LogP contribution >= 0.6 is 0 Å². The second-order valence-electron chi connectivity index (χ2n) is 5.99. The van der Waals surface area contributed by atoms with E-state index in [1.807, 2.05) is 0 Å². The molecule has 0 atom stereocenters. The highest BCUT2D eigenvalue weighted by molar-refractivity contribution is 5.89. The van der Waals surface area contributed by atoms with Crippen molar-refractivity contribution in [2.75, 3.05) is 33.2 Å². The first-order valence-electron chi connectivity index (χ1n) is 7.00. The lowest BCUT2D eigenvalue weighted by Crippen LogP contribution is -2.63. The molecule has 5 nitrogen and oxygen atoms in total. The summed E-state index contributed by atoms with van der Waals surface area (Å²) >= 11 is 0. The van der Waals surface area contributed by atoms with E-state index in [1.165, 1.54) is 12.8 Å². The predicted octanol–water partition coefficient (Wildman–Crippen LogP) is 0.929. The van der Waals surface area contributed by atoms with Crippen LogP contribution in [-0.2, 0) is 0 Å². The number of nitrogens with two attached hydrogens (primary N) is 1. The number of nitrogens with zero attached hydrogens (tertiary/aromatic N) is 3. The number of amidine groups is 1. The van der Waals surface area contributed by atoms with Gasteiger partial charge in [-0.2, -0.15) is 0 Å². The smallest absolute Gasteiger partial charge is 0.159 e. The molecule has 0 spiro atoms. The monoisotopic (exact) mass is 254 g/mol. The quantitative estimate of drug-likeness (QED) is 0.333. The van der Waals surface area contributed by atoms with E-state index in [1.54, 1.807) is 0 Å². The van der Waals surface area contributed by atoms with Crippen molar-refractivity contribution in [2.45, 2.75) is 38.1 Å². The molecule has 2 heterocycles. The number of oxime groups is 1. The van der Waals surface area contributed by atoms with E-state index >= 15 is 0 Å². The number of hydrogen-bond acceptors (Lipinski definition) is 4. The summed E-state index contributed by atoms with van der Waals surface area (Å²) in [5.74, 6) is 1.21. The van der Waals surface area contributed by atoms with E-state index in [2.05, 4.69) is 28.9 Å². The fourth-order valence-corrected chi connectivity index (χ4v) is 3.25. The summed E-state index contributed by atoms with van der Waals surface area (Å²) in [4.78, 5) is 4.77. The fraction of sp³-hybridized carbons (Fsp3) is 0.923. The Morgan fingerprint density at radius 1 is 1.22 bits per heavy atom. The third-order valence-corrected chi connectivity index (χ3v) is 4.79. The van der Waals surface area contributed by atoms with Gasteiger partial charge in [-0.05, 0) is 51.7 Å². The van der Waals surface area contributed by atoms with Crippen LogP contribution in [0.4, 0.5) is 0 Å². The highest BCUT2D eigenvalue weighted by Gasteiger charge is 2.43. The summed E-state index contributed by atoms with van der Waals surface area (Å²) in [6, 6.07) is 0. The van der Waals surface area contributed by atoms with Crippen LogP contribution in [-0.4, -0.2) is 59.6 Å². The van der Waals surface area contributed by atoms with Gasteiger partial charge in [-0.1, -0.05) is 12.1 Å². The summed E-state index contributed by atoms with van der Waals surface area (Å²) < 4.78 is 0. The minimum Gasteiger partial charge on any atom is -0.409 e. The molecule has 2 aliphatic heterocycles. The van der Waals surface area contributed by atoms with Gasteiger partial charge in [0.2, 0.25) is 0 Å². The first-order valence-corrected chi connectivity index (χ1v) is 7.00. The van der Waals surface area contributed by atoms with Gasteiger partial charge < -0.3 is 15.8 Å². The Labute approximate surface area is 110 Å². The molecule has 2 saturated heterocycles. The second-order valence-corrected chi connectivity index (χ2v) is 5.99. The molecule has 104 valence electrons. The van der Waals surface area contributed by atoms with Gasteiger partial charge in [-0.25, -0.2) is 0 Å². The van der Waals surface area contributed by atoms with E-state index in [9.17, 15) is 0 Å². The van der Waals surface area contributed by atoms with E-state index in [4.69, 9.17) is 10.9 Å². The van der Waals surface area contributed by atoms with Crippen LogP contribution in [0.15, 0.2) is 5.16 Å². The van der Waals surface area contributed by atoms with Gasteiger partial charge in [0.05, 0.1) is 5.54 Å². The zero-order chi connectivity index (χ0) is 13.2. The van der Waals surface area contributed by atoms with Crippen molar-refractivity contribution in [3.63, 3.8) is 0 Å². The normalized spacial score (nSPS) is 28.4. The van der Waals surface area contributed by atoms with Crippen molar-refractivity contribution in [3.05, 3.63) is 0 Å². The third-order valence-electron chi connectivity index (χ3n) is 4.79. The van der Waals surface area contributed by atoms with Gasteiger partial charge in [0.25, 0.3) is 0 Å². The molecule has 0 amide bonds. The molecular weight excluding hydrogens is 228 g/mol. The molecule has 0 radical (unpaired) electrons. The van der Waals surface area contributed by atoms with Crippen LogP contribution in [0.1, 0.15) is 32.6 Å². The van der Waals surface area contributed by atoms with Crippen LogP contribution in [0.3, 0.4) is 0 Å². The summed E-state index contributed by atoms with van der Waals surface area (Å²) in [6.45, 7) is 6.48. The summed E-state index contributed by atoms with van der Waals surface area (Å²) in [6.07, 6.45) is 4.37. The van der Waals surface area contributed by atoms with Crippen molar-refractivity contribution in [2.24, 2.45) is 16.8 Å². The Kier molecular flexibility index (Phi) is 4.12. The largest absolute Gasteiger partial charge is 0.409 e. The van der Waals surface area contributed by atoms with E-state index in [-0.39, 0.29) is 5.54 Å². The molecule has 18 heavy (non-hydrogen) atoms. The van der Waals surface area contributed by atoms with E-state index in [0.717, 1.165) is 44.9 Å². The average Bonchev–Trinajstić information content (AvgIpc) is 2.40. The van der Waals surface area contributed by atoms with Crippen LogP contribution < -0.4 is 5.73 Å². The average molecular weight is 254 g/mol. The molecule has 0 aromatic rings. The fourth-order valence-electron chi connectivity index (χ4n) is 3.25. The van der Waals surface area contributed by atoms with Crippen LogP contribution in [0.5, 0.6) is 0 Å². The van der Waals surface area contributed by atoms with Gasteiger partial charge in [0.1, 0.15) is 0 Å². The van der Waals surface area contributed by atoms with Gasteiger partial charge in [0.15, 0.2) is 5.84 Å². The number of rotatable bonds is 2. The Balaban J connectivity index is 2.15. The van der Waals surface area contributed by atoms with Crippen molar-refractivity contribution in [1.29, 1.82) is 0 Å². The molecule has 0 aromatic heterocycles. The molecule has 0 aliphatic carbocycles. The Bertz CT molecular complexity index is 302. The maximum Gasteiger partial charge on any atom is 0.159 e. The topological polar surface area (TPSA) is 65.1 Å². The highest BCUT2D eigenvalue weighted by atomic mass is 16.4. The molecule has 2 fully saturated rings. The maximum absolute atomic E-state index is 9.12. The van der Waals surface area contributed by atoms with Crippen molar-refractivity contribution >= 4 is 5.84 Å². The predicted molar refractivity (Wildman–Crippen MR) is 72.8 cm³/mol. The van der Waals surface area contributed by atoms with Gasteiger partial charge >= 0.3 is 0 Å². The number of likely N-dealkylation sites (tertiary alicyclic amines) is 2. The lowest BCUT2D eigenvalue weighted by atomic mass is 9.82. The maximum atomic E-state index is 9.12. The molecule has 0 aromatic carbocycles. The molecule has 3 N–H and O–H groups in total. The Morgan fingerprint density at radius 3 is 2.28 bits per heavy atom. The van der Waals surface area contributed by atoms with E-state index in [0.29, 0.717) is 5.84 Å². The first kappa shape index (κ1) is 13.6. The molecule has 0 bridgehead atoms. The molecular formula is C13H26N4O. The minimum atomic E-state index is -0.207. The summed E-state index contributed by atoms with van der Waals surface area (Å²) in [5, 5.41) is 12.5. The highest BCUT2D eigenvalue weighted by Crippen LogP contribution is 2.32. The summed E-state index contributed by atoms with van der Waals surface area (Å²) in [5.41, 5.74) is 5.83. The Morgan fingerprint density at radius 2 is 1.78 bits per heavy atom. The van der Waals surface area contributed by atoms with Gasteiger partial charge in [-0.3, -0.25) is 4.90 Å². The molecule has 5 heteroatoms. The third kappa shape index (κ3) is 2.47. The van der Waals surface area contributed by atoms with Crippen LogP contribution in [0, 0.1) is 5.92 Å². The minimum absolute atomic E-state index is 0.207. The lowest BCUT2D eigenvalue weighted by molar-refractivity contribution is 0.0484. The molecule has 2 aliphatic rings. The standard InChI is InChI=1S/C13H26N4O/c1-11-3-7-17(8-4-11)13(12(14)15-18)5-9-16(2)10-6-13/h11,18H,3-10H2,1-2H3,(H2,14,15). The van der Waals surface area contributed by atoms with Crippen molar-refractivity contribution in [3.8, 4) is 0 Å². The Hall–Kier alpha value is -0.810. The zero-order valence-electron chi connectivity index (χ0n) is 11.6. The SMILES string of the molecule is CC1CCN(C2(/C(N)=N\O)CCN(C)CC2)CC1. The van der Waals surface area contributed by atoms with Crippen molar-refractivity contribution < 1.29 is 5.21 Å². The second kappa shape index (κ2) is 5.45. The zero-order valence-corrected chi connectivity index (χ0v) is 11.6. The van der Waals surface area contributed by atoms with E-state index < -0.39 is 0 Å². The summed E-state index contributed by atoms with van der Waals surface area (Å²) in [7, 11) is 2.13. The van der Waals surface area contributed by atoms with Crippen LogP contribution in [0.25, 0.3) is 0 Å². The number of piperidine rings is 2.